The molecule has 1 aliphatic rings. The summed E-state index contributed by atoms with van der Waals surface area (Å²) in [5.41, 5.74) is 7.18. The van der Waals surface area contributed by atoms with Gasteiger partial charge in [0.15, 0.2) is 0 Å². The van der Waals surface area contributed by atoms with E-state index in [9.17, 15) is 9.59 Å². The SMILES string of the molecule is CC(C)CC(NC(=O)[C@H]1C[C@H](CN)CN1)C(=O)Nc1cnc2ccccc2c1. The van der Waals surface area contributed by atoms with Crippen LogP contribution in [0.4, 0.5) is 5.69 Å². The molecule has 0 saturated carbocycles. The van der Waals surface area contributed by atoms with Crippen molar-refractivity contribution in [3.63, 3.8) is 0 Å². The number of rotatable bonds is 7. The summed E-state index contributed by atoms with van der Waals surface area (Å²) in [5, 5.41) is 9.96. The molecule has 1 aliphatic heterocycles. The lowest BCUT2D eigenvalue weighted by molar-refractivity contribution is -0.128. The quantitative estimate of drug-likeness (QED) is 0.581. The Morgan fingerprint density at radius 2 is 2.11 bits per heavy atom. The van der Waals surface area contributed by atoms with E-state index in [0.717, 1.165) is 17.4 Å². The number of carbonyl (C=O) groups excluding carboxylic acids is 2. The molecule has 3 atom stereocenters. The largest absolute Gasteiger partial charge is 0.343 e. The van der Waals surface area contributed by atoms with Crippen molar-refractivity contribution in [2.45, 2.75) is 38.8 Å². The fourth-order valence-corrected chi connectivity index (χ4v) is 3.53. The van der Waals surface area contributed by atoms with Crippen molar-refractivity contribution in [3.05, 3.63) is 36.5 Å². The van der Waals surface area contributed by atoms with E-state index in [1.54, 1.807) is 6.20 Å². The first-order valence-corrected chi connectivity index (χ1v) is 9.85. The second kappa shape index (κ2) is 9.12. The minimum absolute atomic E-state index is 0.145. The van der Waals surface area contributed by atoms with Crippen LogP contribution in [0.1, 0.15) is 26.7 Å². The number of fused-ring (bicyclic) bond motifs is 1. The predicted molar refractivity (Wildman–Crippen MR) is 111 cm³/mol. The summed E-state index contributed by atoms with van der Waals surface area (Å²) in [6.07, 6.45) is 2.90. The summed E-state index contributed by atoms with van der Waals surface area (Å²) in [5.74, 6) is 0.191. The Kier molecular flexibility index (Phi) is 6.59. The smallest absolute Gasteiger partial charge is 0.247 e. The molecule has 150 valence electrons. The highest BCUT2D eigenvalue weighted by molar-refractivity contribution is 5.99. The normalized spacial score (nSPS) is 20.3. The number of nitrogens with two attached hydrogens (primary N) is 1. The molecule has 1 aromatic carbocycles. The van der Waals surface area contributed by atoms with Gasteiger partial charge in [-0.1, -0.05) is 32.0 Å². The van der Waals surface area contributed by atoms with E-state index in [1.165, 1.54) is 0 Å². The van der Waals surface area contributed by atoms with E-state index in [1.807, 2.05) is 44.2 Å². The molecule has 1 saturated heterocycles. The van der Waals surface area contributed by atoms with E-state index in [0.29, 0.717) is 31.0 Å². The average Bonchev–Trinajstić information content (AvgIpc) is 3.16. The van der Waals surface area contributed by atoms with Gasteiger partial charge in [0.2, 0.25) is 11.8 Å². The number of pyridine rings is 1. The first-order chi connectivity index (χ1) is 13.5. The molecule has 1 unspecified atom stereocenters. The molecule has 1 fully saturated rings. The number of hydrogen-bond acceptors (Lipinski definition) is 5. The molecular formula is C21H29N5O2. The minimum atomic E-state index is -0.599. The van der Waals surface area contributed by atoms with Gasteiger partial charge >= 0.3 is 0 Å². The van der Waals surface area contributed by atoms with E-state index >= 15 is 0 Å². The lowest BCUT2D eigenvalue weighted by Crippen LogP contribution is -2.50. The summed E-state index contributed by atoms with van der Waals surface area (Å²) < 4.78 is 0. The molecule has 3 rings (SSSR count). The van der Waals surface area contributed by atoms with Crippen LogP contribution in [0, 0.1) is 11.8 Å². The van der Waals surface area contributed by atoms with Crippen LogP contribution in [0.15, 0.2) is 36.5 Å². The van der Waals surface area contributed by atoms with Crippen molar-refractivity contribution in [1.29, 1.82) is 0 Å². The monoisotopic (exact) mass is 383 g/mol. The van der Waals surface area contributed by atoms with E-state index < -0.39 is 6.04 Å². The molecule has 0 bridgehead atoms. The molecule has 7 heteroatoms. The molecule has 7 nitrogen and oxygen atoms in total. The fourth-order valence-electron chi connectivity index (χ4n) is 3.53. The molecule has 2 amide bonds. The average molecular weight is 383 g/mol. The molecule has 5 N–H and O–H groups in total. The summed E-state index contributed by atoms with van der Waals surface area (Å²) in [6.45, 7) is 5.35. The van der Waals surface area contributed by atoms with Gasteiger partial charge < -0.3 is 21.7 Å². The van der Waals surface area contributed by atoms with Crippen molar-refractivity contribution < 1.29 is 9.59 Å². The zero-order valence-corrected chi connectivity index (χ0v) is 16.4. The van der Waals surface area contributed by atoms with Crippen LogP contribution in [0.3, 0.4) is 0 Å². The van der Waals surface area contributed by atoms with Crippen molar-refractivity contribution in [2.75, 3.05) is 18.4 Å². The van der Waals surface area contributed by atoms with Gasteiger partial charge in [0.05, 0.1) is 23.4 Å². The first kappa shape index (κ1) is 20.2. The van der Waals surface area contributed by atoms with E-state index in [2.05, 4.69) is 20.9 Å². The minimum Gasteiger partial charge on any atom is -0.343 e. The molecule has 28 heavy (non-hydrogen) atoms. The Balaban J connectivity index is 1.67. The topological polar surface area (TPSA) is 109 Å². The molecule has 0 spiro atoms. The highest BCUT2D eigenvalue weighted by Crippen LogP contribution is 2.18. The number of amides is 2. The maximum atomic E-state index is 12.9. The van der Waals surface area contributed by atoms with Gasteiger partial charge in [-0.15, -0.1) is 0 Å². The third-order valence-electron chi connectivity index (χ3n) is 5.07. The Morgan fingerprint density at radius 3 is 2.82 bits per heavy atom. The van der Waals surface area contributed by atoms with Crippen molar-refractivity contribution in [3.8, 4) is 0 Å². The van der Waals surface area contributed by atoms with Crippen molar-refractivity contribution >= 4 is 28.4 Å². The van der Waals surface area contributed by atoms with Crippen molar-refractivity contribution in [1.82, 2.24) is 15.6 Å². The highest BCUT2D eigenvalue weighted by Gasteiger charge is 2.31. The number of benzene rings is 1. The van der Waals surface area contributed by atoms with Crippen molar-refractivity contribution in [2.24, 2.45) is 17.6 Å². The molecular weight excluding hydrogens is 354 g/mol. The Bertz CT molecular complexity index is 838. The van der Waals surface area contributed by atoms with Gasteiger partial charge in [-0.25, -0.2) is 0 Å². The number of aromatic nitrogens is 1. The second-order valence-corrected chi connectivity index (χ2v) is 7.89. The Morgan fingerprint density at radius 1 is 1.32 bits per heavy atom. The van der Waals surface area contributed by atoms with Gasteiger partial charge in [-0.2, -0.15) is 0 Å². The highest BCUT2D eigenvalue weighted by atomic mass is 16.2. The maximum absolute atomic E-state index is 12.9. The van der Waals surface area contributed by atoms with Crippen LogP contribution in [0.25, 0.3) is 10.9 Å². The Hall–Kier alpha value is -2.51. The number of para-hydroxylation sites is 1. The lowest BCUT2D eigenvalue weighted by Gasteiger charge is -2.22. The van der Waals surface area contributed by atoms with Gasteiger partial charge in [0.1, 0.15) is 6.04 Å². The molecule has 2 aromatic rings. The molecule has 0 radical (unpaired) electrons. The van der Waals surface area contributed by atoms with Crippen LogP contribution < -0.4 is 21.7 Å². The molecule has 2 heterocycles. The fraction of sp³-hybridized carbons (Fsp3) is 0.476. The summed E-state index contributed by atoms with van der Waals surface area (Å²) in [6, 6.07) is 8.72. The molecule has 0 aliphatic carbocycles. The third-order valence-corrected chi connectivity index (χ3v) is 5.07. The summed E-state index contributed by atoms with van der Waals surface area (Å²) >= 11 is 0. The van der Waals surface area contributed by atoms with Crippen LogP contribution in [0.2, 0.25) is 0 Å². The summed E-state index contributed by atoms with van der Waals surface area (Å²) in [4.78, 5) is 29.9. The van der Waals surface area contributed by atoms with Crippen LogP contribution in [0.5, 0.6) is 0 Å². The van der Waals surface area contributed by atoms with Gasteiger partial charge in [-0.3, -0.25) is 14.6 Å². The third kappa shape index (κ3) is 5.05. The zero-order chi connectivity index (χ0) is 20.1. The van der Waals surface area contributed by atoms with E-state index in [4.69, 9.17) is 5.73 Å². The first-order valence-electron chi connectivity index (χ1n) is 9.85. The van der Waals surface area contributed by atoms with Gasteiger partial charge in [0.25, 0.3) is 0 Å². The maximum Gasteiger partial charge on any atom is 0.247 e. The Labute approximate surface area is 165 Å². The van der Waals surface area contributed by atoms with Crippen LogP contribution in [-0.2, 0) is 9.59 Å². The predicted octanol–water partition coefficient (Wildman–Crippen LogP) is 1.64. The summed E-state index contributed by atoms with van der Waals surface area (Å²) in [7, 11) is 0. The van der Waals surface area contributed by atoms with Crippen LogP contribution >= 0.6 is 0 Å². The second-order valence-electron chi connectivity index (χ2n) is 7.89. The van der Waals surface area contributed by atoms with E-state index in [-0.39, 0.29) is 23.8 Å². The van der Waals surface area contributed by atoms with Gasteiger partial charge in [-0.05, 0) is 49.9 Å². The number of nitrogens with one attached hydrogen (secondary N) is 3. The number of carbonyl (C=O) groups is 2. The standard InChI is InChI=1S/C21H29N5O2/c1-13(2)7-19(26-20(27)18-8-14(10-22)11-23-18)21(28)25-16-9-15-5-3-4-6-17(15)24-12-16/h3-6,9,12-14,18-19,23H,7-8,10-11,22H2,1-2H3,(H,25,28)(H,26,27)/t14-,18-,19?/m1/s1. The number of anilines is 1. The van der Waals surface area contributed by atoms with Crippen LogP contribution in [-0.4, -0.2) is 42.0 Å². The zero-order valence-electron chi connectivity index (χ0n) is 16.4. The number of hydrogen-bond donors (Lipinski definition) is 4. The molecule has 1 aromatic heterocycles. The lowest BCUT2D eigenvalue weighted by atomic mass is 10.0. The number of nitrogens with zero attached hydrogens (tertiary/aromatic N) is 1. The van der Waals surface area contributed by atoms with Gasteiger partial charge in [0, 0.05) is 5.39 Å².